The molecule has 1 unspecified atom stereocenters. The van der Waals surface area contributed by atoms with Crippen LogP contribution in [0, 0.1) is 5.92 Å². The minimum absolute atomic E-state index is 0.0264. The summed E-state index contributed by atoms with van der Waals surface area (Å²) in [4.78, 5) is 0.214. The minimum atomic E-state index is -3.50. The van der Waals surface area contributed by atoms with E-state index in [0.29, 0.717) is 0 Å². The summed E-state index contributed by atoms with van der Waals surface area (Å²) in [6.45, 7) is 3.71. The van der Waals surface area contributed by atoms with Crippen LogP contribution in [-0.2, 0) is 17.1 Å². The molecule has 1 aromatic heterocycles. The molecular formula is C10H18N2O3S. The van der Waals surface area contributed by atoms with E-state index in [0.717, 1.165) is 0 Å². The van der Waals surface area contributed by atoms with Gasteiger partial charge in [0.25, 0.3) is 0 Å². The van der Waals surface area contributed by atoms with Crippen LogP contribution in [0.3, 0.4) is 0 Å². The third-order valence-corrected chi connectivity index (χ3v) is 3.78. The SMILES string of the molecule is CC(C)C(O)CNS(=O)(=O)c1ccn(C)c1. The van der Waals surface area contributed by atoms with Crippen LogP contribution < -0.4 is 4.72 Å². The number of aryl methyl sites for hydroxylation is 1. The molecule has 0 amide bonds. The molecule has 0 saturated heterocycles. The van der Waals surface area contributed by atoms with Crippen molar-refractivity contribution in [2.75, 3.05) is 6.54 Å². The molecule has 0 bridgehead atoms. The van der Waals surface area contributed by atoms with Gasteiger partial charge in [-0.25, -0.2) is 13.1 Å². The summed E-state index contributed by atoms with van der Waals surface area (Å²) >= 11 is 0. The number of aliphatic hydroxyl groups is 1. The number of nitrogens with one attached hydrogen (secondary N) is 1. The number of aliphatic hydroxyl groups excluding tert-OH is 1. The lowest BCUT2D eigenvalue weighted by Gasteiger charge is -2.14. The maximum atomic E-state index is 11.7. The van der Waals surface area contributed by atoms with Crippen molar-refractivity contribution in [3.8, 4) is 0 Å². The van der Waals surface area contributed by atoms with E-state index in [9.17, 15) is 13.5 Å². The Morgan fingerprint density at radius 3 is 2.56 bits per heavy atom. The molecule has 0 aliphatic carbocycles. The average molecular weight is 246 g/mol. The molecule has 0 saturated carbocycles. The van der Waals surface area contributed by atoms with Crippen molar-refractivity contribution in [2.45, 2.75) is 24.8 Å². The molecule has 16 heavy (non-hydrogen) atoms. The lowest BCUT2D eigenvalue weighted by Crippen LogP contribution is -2.34. The van der Waals surface area contributed by atoms with Crippen molar-refractivity contribution in [1.82, 2.24) is 9.29 Å². The van der Waals surface area contributed by atoms with Crippen LogP contribution in [0.1, 0.15) is 13.8 Å². The van der Waals surface area contributed by atoms with Crippen molar-refractivity contribution >= 4 is 10.0 Å². The first-order valence-corrected chi connectivity index (χ1v) is 6.61. The minimum Gasteiger partial charge on any atom is -0.391 e. The average Bonchev–Trinajstić information content (AvgIpc) is 2.61. The summed E-state index contributed by atoms with van der Waals surface area (Å²) < 4.78 is 27.5. The molecule has 0 aliphatic rings. The zero-order chi connectivity index (χ0) is 12.3. The summed E-state index contributed by atoms with van der Waals surface area (Å²) in [5, 5.41) is 9.51. The second-order valence-electron chi connectivity index (χ2n) is 4.18. The van der Waals surface area contributed by atoms with E-state index in [1.54, 1.807) is 17.8 Å². The molecule has 0 spiro atoms. The van der Waals surface area contributed by atoms with E-state index >= 15 is 0 Å². The highest BCUT2D eigenvalue weighted by atomic mass is 32.2. The summed E-state index contributed by atoms with van der Waals surface area (Å²) in [5.74, 6) is 0.0264. The Morgan fingerprint density at radius 1 is 1.50 bits per heavy atom. The maximum Gasteiger partial charge on any atom is 0.242 e. The molecule has 92 valence electrons. The van der Waals surface area contributed by atoms with Gasteiger partial charge in [-0.2, -0.15) is 0 Å². The third kappa shape index (κ3) is 3.33. The Balaban J connectivity index is 2.67. The lowest BCUT2D eigenvalue weighted by molar-refractivity contribution is 0.129. The van der Waals surface area contributed by atoms with Gasteiger partial charge in [-0.3, -0.25) is 0 Å². The van der Waals surface area contributed by atoms with Crippen LogP contribution in [0.5, 0.6) is 0 Å². The van der Waals surface area contributed by atoms with Gasteiger partial charge in [-0.1, -0.05) is 13.8 Å². The smallest absolute Gasteiger partial charge is 0.242 e. The number of aromatic nitrogens is 1. The fourth-order valence-corrected chi connectivity index (χ4v) is 2.25. The van der Waals surface area contributed by atoms with Gasteiger partial charge in [-0.15, -0.1) is 0 Å². The van der Waals surface area contributed by atoms with E-state index in [1.165, 1.54) is 12.3 Å². The van der Waals surface area contributed by atoms with Crippen LogP contribution in [0.15, 0.2) is 23.4 Å². The maximum absolute atomic E-state index is 11.7. The number of rotatable bonds is 5. The van der Waals surface area contributed by atoms with Crippen molar-refractivity contribution < 1.29 is 13.5 Å². The Hall–Kier alpha value is -0.850. The monoisotopic (exact) mass is 246 g/mol. The van der Waals surface area contributed by atoms with Crippen molar-refractivity contribution in [1.29, 1.82) is 0 Å². The van der Waals surface area contributed by atoms with Gasteiger partial charge >= 0.3 is 0 Å². The van der Waals surface area contributed by atoms with Crippen LogP contribution >= 0.6 is 0 Å². The molecule has 2 N–H and O–H groups in total. The van der Waals surface area contributed by atoms with E-state index in [1.807, 2.05) is 13.8 Å². The second-order valence-corrected chi connectivity index (χ2v) is 5.94. The van der Waals surface area contributed by atoms with Crippen molar-refractivity contribution in [3.63, 3.8) is 0 Å². The highest BCUT2D eigenvalue weighted by molar-refractivity contribution is 7.89. The second kappa shape index (κ2) is 4.99. The van der Waals surface area contributed by atoms with E-state index in [2.05, 4.69) is 4.72 Å². The standard InChI is InChI=1S/C10H18N2O3S/c1-8(2)10(13)6-11-16(14,15)9-4-5-12(3)7-9/h4-5,7-8,10-11,13H,6H2,1-3H3. The van der Waals surface area contributed by atoms with Gasteiger partial charge in [-0.05, 0) is 12.0 Å². The molecule has 5 nitrogen and oxygen atoms in total. The molecular weight excluding hydrogens is 228 g/mol. The molecule has 0 fully saturated rings. The molecule has 0 radical (unpaired) electrons. The quantitative estimate of drug-likeness (QED) is 0.786. The Labute approximate surface area is 96.1 Å². The first kappa shape index (κ1) is 13.2. The molecule has 1 atom stereocenters. The molecule has 1 aromatic rings. The van der Waals surface area contributed by atoms with Gasteiger partial charge in [0.05, 0.1) is 11.0 Å². The molecule has 1 rings (SSSR count). The van der Waals surface area contributed by atoms with Crippen molar-refractivity contribution in [2.24, 2.45) is 13.0 Å². The fraction of sp³-hybridized carbons (Fsp3) is 0.600. The number of hydrogen-bond donors (Lipinski definition) is 2. The van der Waals surface area contributed by atoms with Crippen LogP contribution in [0.25, 0.3) is 0 Å². The highest BCUT2D eigenvalue weighted by Gasteiger charge is 2.17. The zero-order valence-electron chi connectivity index (χ0n) is 9.71. The van der Waals surface area contributed by atoms with Crippen LogP contribution in [-0.4, -0.2) is 30.7 Å². The van der Waals surface area contributed by atoms with E-state index < -0.39 is 16.1 Å². The Morgan fingerprint density at radius 2 is 2.12 bits per heavy atom. The fourth-order valence-electron chi connectivity index (χ4n) is 1.15. The van der Waals surface area contributed by atoms with E-state index in [4.69, 9.17) is 0 Å². The third-order valence-electron chi connectivity index (χ3n) is 2.37. The van der Waals surface area contributed by atoms with Gasteiger partial charge in [0, 0.05) is 26.0 Å². The zero-order valence-corrected chi connectivity index (χ0v) is 10.5. The summed E-state index contributed by atoms with van der Waals surface area (Å²) in [6.07, 6.45) is 2.51. The predicted molar refractivity (Wildman–Crippen MR) is 61.4 cm³/mol. The van der Waals surface area contributed by atoms with Gasteiger partial charge in [0.2, 0.25) is 10.0 Å². The first-order valence-electron chi connectivity index (χ1n) is 5.12. The van der Waals surface area contributed by atoms with Crippen molar-refractivity contribution in [3.05, 3.63) is 18.5 Å². The molecule has 6 heteroatoms. The lowest BCUT2D eigenvalue weighted by atomic mass is 10.1. The topological polar surface area (TPSA) is 71.3 Å². The summed E-state index contributed by atoms with van der Waals surface area (Å²) in [7, 11) is -1.75. The van der Waals surface area contributed by atoms with E-state index in [-0.39, 0.29) is 17.4 Å². The van der Waals surface area contributed by atoms with Crippen LogP contribution in [0.4, 0.5) is 0 Å². The molecule has 0 aromatic carbocycles. The van der Waals surface area contributed by atoms with Gasteiger partial charge in [0.1, 0.15) is 0 Å². The summed E-state index contributed by atoms with van der Waals surface area (Å²) in [6, 6.07) is 1.52. The predicted octanol–water partition coefficient (Wildman–Crippen LogP) is 0.320. The molecule has 0 aliphatic heterocycles. The van der Waals surface area contributed by atoms with Gasteiger partial charge in [0.15, 0.2) is 0 Å². The van der Waals surface area contributed by atoms with Crippen LogP contribution in [0.2, 0.25) is 0 Å². The normalized spacial score (nSPS) is 14.3. The number of sulfonamides is 1. The van der Waals surface area contributed by atoms with Gasteiger partial charge < -0.3 is 9.67 Å². The largest absolute Gasteiger partial charge is 0.391 e. The number of hydrogen-bond acceptors (Lipinski definition) is 3. The number of nitrogens with zero attached hydrogens (tertiary/aromatic N) is 1. The highest BCUT2D eigenvalue weighted by Crippen LogP contribution is 2.08. The Kier molecular flexibility index (Phi) is 4.12. The molecule has 1 heterocycles. The first-order chi connectivity index (χ1) is 7.33. The summed E-state index contributed by atoms with van der Waals surface area (Å²) in [5.41, 5.74) is 0. The Bertz CT molecular complexity index is 437.